The van der Waals surface area contributed by atoms with Crippen LogP contribution in [0.4, 0.5) is 5.69 Å². The highest BCUT2D eigenvalue weighted by atomic mass is 35.5. The summed E-state index contributed by atoms with van der Waals surface area (Å²) in [5.41, 5.74) is 0.826. The van der Waals surface area contributed by atoms with E-state index >= 15 is 0 Å². The number of benzene rings is 2. The molecule has 0 fully saturated rings. The first-order chi connectivity index (χ1) is 10.8. The van der Waals surface area contributed by atoms with Crippen molar-refractivity contribution < 1.29 is 13.2 Å². The summed E-state index contributed by atoms with van der Waals surface area (Å²) < 4.78 is 32.6. The molecule has 2 rings (SSSR count). The lowest BCUT2D eigenvalue weighted by Crippen LogP contribution is -2.15. The molecule has 0 heterocycles. The summed E-state index contributed by atoms with van der Waals surface area (Å²) in [7, 11) is -3.63. The van der Waals surface area contributed by atoms with Crippen LogP contribution in [0.5, 0.6) is 5.75 Å². The largest absolute Gasteiger partial charge is 0.491 e. The van der Waals surface area contributed by atoms with Gasteiger partial charge >= 0.3 is 0 Å². The van der Waals surface area contributed by atoms with Gasteiger partial charge in [0.15, 0.2) is 0 Å². The van der Waals surface area contributed by atoms with Crippen LogP contribution in [-0.2, 0) is 15.8 Å². The molecular weight excluding hydrogens is 357 g/mol. The van der Waals surface area contributed by atoms with Crippen LogP contribution in [0, 0.1) is 0 Å². The van der Waals surface area contributed by atoms with Crippen LogP contribution in [0.3, 0.4) is 0 Å². The highest BCUT2D eigenvalue weighted by molar-refractivity contribution is 7.91. The highest BCUT2D eigenvalue weighted by Gasteiger charge is 2.16. The number of hydrogen-bond acceptors (Lipinski definition) is 3. The summed E-state index contributed by atoms with van der Waals surface area (Å²) in [5.74, 6) is 0.382. The van der Waals surface area contributed by atoms with Crippen LogP contribution < -0.4 is 9.46 Å². The van der Waals surface area contributed by atoms with Crippen molar-refractivity contribution in [3.05, 3.63) is 58.1 Å². The van der Waals surface area contributed by atoms with Gasteiger partial charge in [0.1, 0.15) is 5.75 Å². The van der Waals surface area contributed by atoms with E-state index in [0.717, 1.165) is 0 Å². The van der Waals surface area contributed by atoms with Crippen molar-refractivity contribution in [3.8, 4) is 5.75 Å². The zero-order valence-corrected chi connectivity index (χ0v) is 15.0. The van der Waals surface area contributed by atoms with Crippen molar-refractivity contribution in [2.24, 2.45) is 0 Å². The molecule has 0 aliphatic rings. The van der Waals surface area contributed by atoms with E-state index in [-0.39, 0.29) is 11.9 Å². The lowest BCUT2D eigenvalue weighted by molar-refractivity contribution is 0.242. The molecule has 2 aromatic carbocycles. The predicted octanol–water partition coefficient (Wildman–Crippen LogP) is 4.72. The third-order valence-electron chi connectivity index (χ3n) is 2.90. The van der Waals surface area contributed by atoms with Crippen molar-refractivity contribution >= 4 is 38.9 Å². The van der Waals surface area contributed by atoms with Gasteiger partial charge in [-0.25, -0.2) is 8.42 Å². The number of ether oxygens (including phenoxy) is 1. The van der Waals surface area contributed by atoms with E-state index in [9.17, 15) is 8.42 Å². The molecule has 124 valence electrons. The minimum atomic E-state index is -3.63. The number of nitrogens with one attached hydrogen (secondary N) is 1. The second-order valence-corrected chi connectivity index (χ2v) is 7.79. The van der Waals surface area contributed by atoms with E-state index in [1.54, 1.807) is 42.5 Å². The van der Waals surface area contributed by atoms with Crippen LogP contribution in [0.2, 0.25) is 10.0 Å². The van der Waals surface area contributed by atoms with E-state index in [2.05, 4.69) is 4.72 Å². The number of anilines is 1. The Balaban J connectivity index is 2.12. The Bertz CT molecular complexity index is 754. The van der Waals surface area contributed by atoms with Crippen LogP contribution in [0.1, 0.15) is 19.4 Å². The summed E-state index contributed by atoms with van der Waals surface area (Å²) in [5, 5.41) is 0.645. The van der Waals surface area contributed by atoms with Gasteiger partial charge in [0.25, 0.3) is 0 Å². The third-order valence-corrected chi connectivity index (χ3v) is 4.82. The molecule has 0 unspecified atom stereocenters. The van der Waals surface area contributed by atoms with Crippen molar-refractivity contribution in [2.45, 2.75) is 25.7 Å². The zero-order chi connectivity index (χ0) is 17.0. The summed E-state index contributed by atoms with van der Waals surface area (Å²) in [6.07, 6.45) is 0.0555. The lowest BCUT2D eigenvalue weighted by Gasteiger charge is -2.12. The van der Waals surface area contributed by atoms with E-state index in [1.165, 1.54) is 0 Å². The lowest BCUT2D eigenvalue weighted by atomic mass is 10.2. The maximum atomic E-state index is 12.3. The van der Waals surface area contributed by atoms with E-state index in [0.29, 0.717) is 27.0 Å². The Morgan fingerprint density at radius 2 is 1.61 bits per heavy atom. The standard InChI is InChI=1S/C16H17Cl2NO3S/c1-11(2)22-13-8-6-12(7-9-13)19-23(20,21)10-14-15(17)4-3-5-16(14)18/h3-9,11,19H,10H2,1-2H3. The van der Waals surface area contributed by atoms with Gasteiger partial charge in [-0.05, 0) is 50.2 Å². The smallest absolute Gasteiger partial charge is 0.237 e. The van der Waals surface area contributed by atoms with Crippen molar-refractivity contribution in [1.82, 2.24) is 0 Å². The molecule has 0 atom stereocenters. The molecular formula is C16H17Cl2NO3S. The Kier molecular flexibility index (Phi) is 5.79. The molecule has 4 nitrogen and oxygen atoms in total. The number of sulfonamides is 1. The number of hydrogen-bond donors (Lipinski definition) is 1. The van der Waals surface area contributed by atoms with Gasteiger partial charge in [-0.15, -0.1) is 0 Å². The summed E-state index contributed by atoms with van der Waals surface area (Å²) in [4.78, 5) is 0. The second kappa shape index (κ2) is 7.43. The molecule has 7 heteroatoms. The monoisotopic (exact) mass is 373 g/mol. The highest BCUT2D eigenvalue weighted by Crippen LogP contribution is 2.27. The van der Waals surface area contributed by atoms with Crippen molar-refractivity contribution in [3.63, 3.8) is 0 Å². The molecule has 1 N–H and O–H groups in total. The van der Waals surface area contributed by atoms with Gasteiger partial charge in [0.05, 0.1) is 11.9 Å². The molecule has 0 bridgehead atoms. The van der Waals surface area contributed by atoms with Crippen molar-refractivity contribution in [1.29, 1.82) is 0 Å². The van der Waals surface area contributed by atoms with Crippen LogP contribution in [-0.4, -0.2) is 14.5 Å². The second-order valence-electron chi connectivity index (χ2n) is 5.25. The Morgan fingerprint density at radius 3 is 2.13 bits per heavy atom. The first kappa shape index (κ1) is 17.9. The minimum Gasteiger partial charge on any atom is -0.491 e. The molecule has 23 heavy (non-hydrogen) atoms. The first-order valence-corrected chi connectivity index (χ1v) is 9.38. The van der Waals surface area contributed by atoms with Crippen LogP contribution in [0.15, 0.2) is 42.5 Å². The molecule has 0 amide bonds. The predicted molar refractivity (Wildman–Crippen MR) is 94.9 cm³/mol. The number of rotatable bonds is 6. The molecule has 0 spiro atoms. The van der Waals surface area contributed by atoms with E-state index in [4.69, 9.17) is 27.9 Å². The maximum Gasteiger partial charge on any atom is 0.237 e. The maximum absolute atomic E-state index is 12.3. The Morgan fingerprint density at radius 1 is 1.04 bits per heavy atom. The van der Waals surface area contributed by atoms with Gasteiger partial charge in [-0.3, -0.25) is 4.72 Å². The van der Waals surface area contributed by atoms with Gasteiger partial charge in [0, 0.05) is 21.3 Å². The summed E-state index contributed by atoms with van der Waals surface area (Å²) in [6, 6.07) is 11.6. The Hall–Kier alpha value is -1.43. The normalized spacial score (nSPS) is 11.5. The fourth-order valence-corrected chi connectivity index (χ4v) is 3.90. The molecule has 0 saturated carbocycles. The molecule has 0 radical (unpaired) electrons. The third kappa shape index (κ3) is 5.30. The molecule has 0 aliphatic carbocycles. The average Bonchev–Trinajstić information content (AvgIpc) is 2.44. The van der Waals surface area contributed by atoms with Crippen LogP contribution >= 0.6 is 23.2 Å². The molecule has 0 aromatic heterocycles. The average molecular weight is 374 g/mol. The summed E-state index contributed by atoms with van der Waals surface area (Å²) >= 11 is 12.0. The quantitative estimate of drug-likeness (QED) is 0.796. The van der Waals surface area contributed by atoms with Crippen molar-refractivity contribution in [2.75, 3.05) is 4.72 Å². The molecule has 2 aromatic rings. The van der Waals surface area contributed by atoms with Gasteiger partial charge < -0.3 is 4.74 Å². The van der Waals surface area contributed by atoms with Crippen LogP contribution in [0.25, 0.3) is 0 Å². The topological polar surface area (TPSA) is 55.4 Å². The van der Waals surface area contributed by atoms with Gasteiger partial charge in [0.2, 0.25) is 10.0 Å². The van der Waals surface area contributed by atoms with E-state index in [1.807, 2.05) is 13.8 Å². The fraction of sp³-hybridized carbons (Fsp3) is 0.250. The first-order valence-electron chi connectivity index (χ1n) is 6.97. The molecule has 0 saturated heterocycles. The van der Waals surface area contributed by atoms with Gasteiger partial charge in [-0.1, -0.05) is 29.3 Å². The fourth-order valence-electron chi connectivity index (χ4n) is 1.95. The summed E-state index contributed by atoms with van der Waals surface area (Å²) in [6.45, 7) is 3.84. The van der Waals surface area contributed by atoms with Gasteiger partial charge in [-0.2, -0.15) is 0 Å². The zero-order valence-electron chi connectivity index (χ0n) is 12.7. The minimum absolute atomic E-state index is 0.0555. The SMILES string of the molecule is CC(C)Oc1ccc(NS(=O)(=O)Cc2c(Cl)cccc2Cl)cc1. The van der Waals surface area contributed by atoms with E-state index < -0.39 is 10.0 Å². The molecule has 0 aliphatic heterocycles. The number of halogens is 2. The Labute approximate surface area is 146 Å².